The van der Waals surface area contributed by atoms with Crippen LogP contribution in [0.5, 0.6) is 11.5 Å². The van der Waals surface area contributed by atoms with E-state index in [9.17, 15) is 22.8 Å². The van der Waals surface area contributed by atoms with E-state index in [2.05, 4.69) is 10.1 Å². The van der Waals surface area contributed by atoms with Crippen molar-refractivity contribution in [3.8, 4) is 11.5 Å². The van der Waals surface area contributed by atoms with Gasteiger partial charge in [0.1, 0.15) is 11.5 Å². The molecule has 0 aliphatic carbocycles. The number of benzene rings is 2. The molecule has 0 unspecified atom stereocenters. The second-order valence-corrected chi connectivity index (χ2v) is 5.38. The van der Waals surface area contributed by atoms with Crippen LogP contribution in [0.4, 0.5) is 18.9 Å². The Morgan fingerprint density at radius 1 is 1.12 bits per heavy atom. The van der Waals surface area contributed by atoms with Crippen LogP contribution in [0.2, 0.25) is 0 Å². The fourth-order valence-electron chi connectivity index (χ4n) is 2.28. The van der Waals surface area contributed by atoms with Gasteiger partial charge in [-0.3, -0.25) is 9.59 Å². The quantitative estimate of drug-likeness (QED) is 0.785. The molecule has 0 bridgehead atoms. The molecule has 0 radical (unpaired) electrons. The van der Waals surface area contributed by atoms with Gasteiger partial charge in [-0.05, 0) is 37.3 Å². The lowest BCUT2D eigenvalue weighted by molar-refractivity contribution is -0.274. The molecule has 2 aromatic rings. The fourth-order valence-corrected chi connectivity index (χ4v) is 2.28. The minimum absolute atomic E-state index is 0.116. The number of carbonyl (C=O) groups excluding carboxylic acids is 2. The maximum absolute atomic E-state index is 12.3. The van der Waals surface area contributed by atoms with E-state index in [1.54, 1.807) is 18.2 Å². The predicted octanol–water partition coefficient (Wildman–Crippen LogP) is 3.98. The van der Waals surface area contributed by atoms with E-state index < -0.39 is 18.0 Å². The third kappa shape index (κ3) is 5.51. The van der Waals surface area contributed by atoms with Gasteiger partial charge in [0.2, 0.25) is 5.91 Å². The van der Waals surface area contributed by atoms with Gasteiger partial charge in [0.05, 0.1) is 13.5 Å². The molecule has 0 saturated heterocycles. The molecule has 2 aromatic carbocycles. The molecule has 0 heterocycles. The molecule has 26 heavy (non-hydrogen) atoms. The molecule has 1 amide bonds. The van der Waals surface area contributed by atoms with E-state index in [1.807, 2.05) is 0 Å². The van der Waals surface area contributed by atoms with Crippen LogP contribution in [0.3, 0.4) is 0 Å². The van der Waals surface area contributed by atoms with Crippen LogP contribution in [-0.2, 0) is 11.2 Å². The molecule has 0 atom stereocenters. The summed E-state index contributed by atoms with van der Waals surface area (Å²) in [6.07, 6.45) is -4.93. The number of amides is 1. The van der Waals surface area contributed by atoms with E-state index in [-0.39, 0.29) is 17.9 Å². The predicted molar refractivity (Wildman–Crippen MR) is 88.5 cm³/mol. The van der Waals surface area contributed by atoms with Crippen LogP contribution < -0.4 is 14.8 Å². The largest absolute Gasteiger partial charge is 0.573 e. The molecule has 5 nitrogen and oxygen atoms in total. The van der Waals surface area contributed by atoms with Gasteiger partial charge >= 0.3 is 6.36 Å². The maximum Gasteiger partial charge on any atom is 0.573 e. The van der Waals surface area contributed by atoms with Gasteiger partial charge in [0, 0.05) is 22.9 Å². The van der Waals surface area contributed by atoms with Gasteiger partial charge in [-0.1, -0.05) is 6.07 Å². The SMILES string of the molecule is COc1ccc(C(C)=O)cc1CC(=O)Nc1cccc(OC(F)(F)F)c1. The monoisotopic (exact) mass is 367 g/mol. The number of halogens is 3. The number of methoxy groups -OCH3 is 1. The number of Topliss-reactive ketones (excluding diaryl/α,β-unsaturated/α-hetero) is 1. The number of hydrogen-bond donors (Lipinski definition) is 1. The number of carbonyl (C=O) groups is 2. The van der Waals surface area contributed by atoms with Crippen molar-refractivity contribution in [2.45, 2.75) is 19.7 Å². The summed E-state index contributed by atoms with van der Waals surface area (Å²) in [5.41, 5.74) is 1.06. The van der Waals surface area contributed by atoms with Crippen LogP contribution in [0.25, 0.3) is 0 Å². The average molecular weight is 367 g/mol. The lowest BCUT2D eigenvalue weighted by Gasteiger charge is -2.12. The molecule has 1 N–H and O–H groups in total. The maximum atomic E-state index is 12.3. The Hall–Kier alpha value is -3.03. The Morgan fingerprint density at radius 2 is 1.85 bits per heavy atom. The smallest absolute Gasteiger partial charge is 0.496 e. The summed E-state index contributed by atoms with van der Waals surface area (Å²) in [5, 5.41) is 2.49. The summed E-state index contributed by atoms with van der Waals surface area (Å²) in [6.45, 7) is 1.40. The zero-order chi connectivity index (χ0) is 19.3. The first-order valence-electron chi connectivity index (χ1n) is 7.51. The van der Waals surface area contributed by atoms with Crippen molar-refractivity contribution in [2.24, 2.45) is 0 Å². The molecule has 2 rings (SSSR count). The normalized spacial score (nSPS) is 11.0. The second kappa shape index (κ2) is 7.90. The molecule has 0 aliphatic heterocycles. The van der Waals surface area contributed by atoms with Crippen molar-refractivity contribution in [2.75, 3.05) is 12.4 Å². The third-order valence-electron chi connectivity index (χ3n) is 3.39. The number of ether oxygens (including phenoxy) is 2. The molecular weight excluding hydrogens is 351 g/mol. The molecule has 0 aromatic heterocycles. The Bertz CT molecular complexity index is 818. The highest BCUT2D eigenvalue weighted by Crippen LogP contribution is 2.26. The number of ketones is 1. The molecular formula is C18H16F3NO4. The molecule has 0 fully saturated rings. The Balaban J connectivity index is 2.13. The number of rotatable bonds is 6. The first-order chi connectivity index (χ1) is 12.2. The molecule has 0 aliphatic rings. The Labute approximate surface area is 147 Å². The van der Waals surface area contributed by atoms with Crippen molar-refractivity contribution < 1.29 is 32.2 Å². The summed E-state index contributed by atoms with van der Waals surface area (Å²) < 4.78 is 45.8. The van der Waals surface area contributed by atoms with E-state index in [4.69, 9.17) is 4.74 Å². The summed E-state index contributed by atoms with van der Waals surface area (Å²) in [5.74, 6) is -0.648. The number of hydrogen-bond acceptors (Lipinski definition) is 4. The summed E-state index contributed by atoms with van der Waals surface area (Å²) in [4.78, 5) is 23.7. The molecule has 0 saturated carbocycles. The van der Waals surface area contributed by atoms with Gasteiger partial charge in [-0.2, -0.15) is 0 Å². The minimum atomic E-state index is -4.82. The highest BCUT2D eigenvalue weighted by molar-refractivity contribution is 5.96. The van der Waals surface area contributed by atoms with Crippen molar-refractivity contribution in [3.63, 3.8) is 0 Å². The standard InChI is InChI=1S/C18H16F3NO4/c1-11(23)12-6-7-16(25-2)13(8-12)9-17(24)22-14-4-3-5-15(10-14)26-18(19,20)21/h3-8,10H,9H2,1-2H3,(H,22,24). The molecule has 0 spiro atoms. The number of anilines is 1. The van der Waals surface area contributed by atoms with Crippen LogP contribution in [0, 0.1) is 0 Å². The third-order valence-corrected chi connectivity index (χ3v) is 3.39. The Morgan fingerprint density at radius 3 is 2.46 bits per heavy atom. The van der Waals surface area contributed by atoms with E-state index >= 15 is 0 Å². The lowest BCUT2D eigenvalue weighted by atomic mass is 10.0. The number of nitrogens with one attached hydrogen (secondary N) is 1. The van der Waals surface area contributed by atoms with Crippen LogP contribution in [-0.4, -0.2) is 25.2 Å². The first kappa shape index (κ1) is 19.3. The Kier molecular flexibility index (Phi) is 5.86. The number of alkyl halides is 3. The summed E-state index contributed by atoms with van der Waals surface area (Å²) in [7, 11) is 1.43. The van der Waals surface area contributed by atoms with Crippen LogP contribution in [0.15, 0.2) is 42.5 Å². The van der Waals surface area contributed by atoms with Crippen molar-refractivity contribution in [1.29, 1.82) is 0 Å². The molecule has 138 valence electrons. The van der Waals surface area contributed by atoms with Gasteiger partial charge < -0.3 is 14.8 Å². The summed E-state index contributed by atoms with van der Waals surface area (Å²) in [6, 6.07) is 9.66. The van der Waals surface area contributed by atoms with Gasteiger partial charge in [0.15, 0.2) is 5.78 Å². The van der Waals surface area contributed by atoms with Crippen molar-refractivity contribution in [1.82, 2.24) is 0 Å². The topological polar surface area (TPSA) is 64.6 Å². The van der Waals surface area contributed by atoms with Gasteiger partial charge in [-0.15, -0.1) is 13.2 Å². The van der Waals surface area contributed by atoms with Gasteiger partial charge in [0.25, 0.3) is 0 Å². The average Bonchev–Trinajstić information content (AvgIpc) is 2.53. The minimum Gasteiger partial charge on any atom is -0.496 e. The zero-order valence-electron chi connectivity index (χ0n) is 14.0. The lowest BCUT2D eigenvalue weighted by Crippen LogP contribution is -2.18. The van der Waals surface area contributed by atoms with E-state index in [0.29, 0.717) is 16.9 Å². The van der Waals surface area contributed by atoms with Crippen LogP contribution >= 0.6 is 0 Å². The fraction of sp³-hybridized carbons (Fsp3) is 0.222. The second-order valence-electron chi connectivity index (χ2n) is 5.38. The van der Waals surface area contributed by atoms with Crippen molar-refractivity contribution in [3.05, 3.63) is 53.6 Å². The van der Waals surface area contributed by atoms with E-state index in [0.717, 1.165) is 12.1 Å². The van der Waals surface area contributed by atoms with E-state index in [1.165, 1.54) is 26.2 Å². The zero-order valence-corrected chi connectivity index (χ0v) is 14.0. The van der Waals surface area contributed by atoms with Crippen molar-refractivity contribution >= 4 is 17.4 Å². The van der Waals surface area contributed by atoms with Gasteiger partial charge in [-0.25, -0.2) is 0 Å². The highest BCUT2D eigenvalue weighted by Gasteiger charge is 2.31. The molecule has 8 heteroatoms. The first-order valence-corrected chi connectivity index (χ1v) is 7.51. The van der Waals surface area contributed by atoms with Crippen LogP contribution in [0.1, 0.15) is 22.8 Å². The highest BCUT2D eigenvalue weighted by atomic mass is 19.4. The summed E-state index contributed by atoms with van der Waals surface area (Å²) >= 11 is 0.